The molecule has 0 spiro atoms. The predicted molar refractivity (Wildman–Crippen MR) is 116 cm³/mol. The lowest BCUT2D eigenvalue weighted by atomic mass is 9.79. The maximum absolute atomic E-state index is 3.72. The van der Waals surface area contributed by atoms with E-state index in [1.54, 1.807) is 0 Å². The Balaban J connectivity index is 1.61. The van der Waals surface area contributed by atoms with E-state index in [0.29, 0.717) is 17.9 Å². The van der Waals surface area contributed by atoms with Crippen molar-refractivity contribution < 1.29 is 0 Å². The molecule has 0 bridgehead atoms. The van der Waals surface area contributed by atoms with Crippen LogP contribution in [0, 0.1) is 5.92 Å². The van der Waals surface area contributed by atoms with E-state index in [2.05, 4.69) is 110 Å². The highest BCUT2D eigenvalue weighted by molar-refractivity contribution is 5.33. The lowest BCUT2D eigenvalue weighted by molar-refractivity contribution is 0.393. The van der Waals surface area contributed by atoms with Crippen molar-refractivity contribution in [3.63, 3.8) is 0 Å². The van der Waals surface area contributed by atoms with Crippen LogP contribution in [-0.2, 0) is 6.42 Å². The van der Waals surface area contributed by atoms with Gasteiger partial charge >= 0.3 is 0 Å². The summed E-state index contributed by atoms with van der Waals surface area (Å²) in [5.74, 6) is 1.000. The lowest BCUT2D eigenvalue weighted by Crippen LogP contribution is -2.31. The van der Waals surface area contributed by atoms with Gasteiger partial charge in [0.15, 0.2) is 0 Å². The third-order valence-electron chi connectivity index (χ3n) is 5.36. The van der Waals surface area contributed by atoms with Crippen LogP contribution in [0.3, 0.4) is 0 Å². The summed E-state index contributed by atoms with van der Waals surface area (Å²) >= 11 is 0. The minimum absolute atomic E-state index is 0.436. The molecule has 0 unspecified atom stereocenters. The first-order valence-electron chi connectivity index (χ1n) is 10.1. The molecular formula is C26H31N. The van der Waals surface area contributed by atoms with Crippen molar-refractivity contribution >= 4 is 0 Å². The van der Waals surface area contributed by atoms with E-state index >= 15 is 0 Å². The molecule has 27 heavy (non-hydrogen) atoms. The molecule has 1 N–H and O–H groups in total. The molecule has 0 heterocycles. The monoisotopic (exact) mass is 357 g/mol. The Morgan fingerprint density at radius 2 is 1.15 bits per heavy atom. The maximum atomic E-state index is 3.72. The van der Waals surface area contributed by atoms with Crippen molar-refractivity contribution in [2.24, 2.45) is 5.92 Å². The van der Waals surface area contributed by atoms with Gasteiger partial charge in [0.05, 0.1) is 0 Å². The van der Waals surface area contributed by atoms with Gasteiger partial charge in [-0.2, -0.15) is 0 Å². The molecule has 3 aromatic carbocycles. The number of hydrogen-bond donors (Lipinski definition) is 1. The van der Waals surface area contributed by atoms with Crippen LogP contribution in [0.25, 0.3) is 0 Å². The zero-order chi connectivity index (χ0) is 18.9. The third-order valence-corrected chi connectivity index (χ3v) is 5.36. The van der Waals surface area contributed by atoms with Gasteiger partial charge in [-0.25, -0.2) is 0 Å². The molecule has 0 aliphatic heterocycles. The van der Waals surface area contributed by atoms with Crippen LogP contribution in [0.4, 0.5) is 0 Å². The Morgan fingerprint density at radius 3 is 1.67 bits per heavy atom. The molecule has 3 rings (SSSR count). The normalized spacial score (nSPS) is 13.4. The minimum atomic E-state index is 0.436. The molecule has 0 amide bonds. The summed E-state index contributed by atoms with van der Waals surface area (Å²) in [4.78, 5) is 0. The summed E-state index contributed by atoms with van der Waals surface area (Å²) in [6.45, 7) is 5.73. The van der Waals surface area contributed by atoms with Crippen LogP contribution in [0.5, 0.6) is 0 Å². The van der Waals surface area contributed by atoms with Crippen molar-refractivity contribution in [2.45, 2.75) is 38.6 Å². The van der Waals surface area contributed by atoms with Gasteiger partial charge in [-0.05, 0) is 48.9 Å². The standard InChI is InChI=1S/C26H31N/c1-21(20-22(2)27-19-18-23-12-6-3-7-13-23)26(24-14-8-4-9-15-24)25-16-10-5-11-17-25/h3-17,21-22,26-27H,18-20H2,1-2H3/t21-,22+/m1/s1. The lowest BCUT2D eigenvalue weighted by Gasteiger charge is -2.28. The highest BCUT2D eigenvalue weighted by atomic mass is 14.9. The second kappa shape index (κ2) is 10.1. The van der Waals surface area contributed by atoms with Crippen molar-refractivity contribution in [1.82, 2.24) is 5.32 Å². The maximum Gasteiger partial charge on any atom is 0.0116 e. The summed E-state index contributed by atoms with van der Waals surface area (Å²) in [6.07, 6.45) is 2.24. The van der Waals surface area contributed by atoms with Gasteiger partial charge in [0.1, 0.15) is 0 Å². The Kier molecular flexibility index (Phi) is 7.24. The van der Waals surface area contributed by atoms with Crippen molar-refractivity contribution in [3.05, 3.63) is 108 Å². The highest BCUT2D eigenvalue weighted by Crippen LogP contribution is 2.34. The Bertz CT molecular complexity index is 728. The second-order valence-corrected chi connectivity index (χ2v) is 7.60. The topological polar surface area (TPSA) is 12.0 Å². The molecule has 1 heteroatoms. The molecule has 0 aromatic heterocycles. The van der Waals surface area contributed by atoms with Gasteiger partial charge in [-0.3, -0.25) is 0 Å². The molecule has 2 atom stereocenters. The number of hydrogen-bond acceptors (Lipinski definition) is 1. The van der Waals surface area contributed by atoms with Crippen LogP contribution in [0.2, 0.25) is 0 Å². The Labute approximate surface area is 164 Å². The third kappa shape index (κ3) is 5.80. The van der Waals surface area contributed by atoms with E-state index in [-0.39, 0.29) is 0 Å². The molecule has 0 radical (unpaired) electrons. The molecule has 0 aliphatic rings. The average molecular weight is 358 g/mol. The minimum Gasteiger partial charge on any atom is -0.314 e. The van der Waals surface area contributed by atoms with Gasteiger partial charge in [0.2, 0.25) is 0 Å². The predicted octanol–water partition coefficient (Wildman–Crippen LogP) is 6.07. The van der Waals surface area contributed by atoms with Crippen molar-refractivity contribution in [2.75, 3.05) is 6.54 Å². The SMILES string of the molecule is C[C@H](C[C@H](C)NCCc1ccccc1)C(c1ccccc1)c1ccccc1. The molecular weight excluding hydrogens is 326 g/mol. The fraction of sp³-hybridized carbons (Fsp3) is 0.308. The van der Waals surface area contributed by atoms with Gasteiger partial charge in [0, 0.05) is 12.0 Å². The van der Waals surface area contributed by atoms with Crippen molar-refractivity contribution in [1.29, 1.82) is 0 Å². The van der Waals surface area contributed by atoms with Crippen molar-refractivity contribution in [3.8, 4) is 0 Å². The largest absolute Gasteiger partial charge is 0.314 e. The number of benzene rings is 3. The summed E-state index contributed by atoms with van der Waals surface area (Å²) < 4.78 is 0. The van der Waals surface area contributed by atoms with E-state index in [4.69, 9.17) is 0 Å². The molecule has 0 saturated heterocycles. The zero-order valence-electron chi connectivity index (χ0n) is 16.5. The first kappa shape index (κ1) is 19.4. The molecule has 0 fully saturated rings. The summed E-state index contributed by atoms with van der Waals surface area (Å²) in [5.41, 5.74) is 4.22. The van der Waals surface area contributed by atoms with Crippen LogP contribution in [0.1, 0.15) is 42.9 Å². The Morgan fingerprint density at radius 1 is 0.667 bits per heavy atom. The zero-order valence-corrected chi connectivity index (χ0v) is 16.5. The average Bonchev–Trinajstić information content (AvgIpc) is 2.70. The quantitative estimate of drug-likeness (QED) is 0.490. The summed E-state index contributed by atoms with van der Waals surface area (Å²) in [7, 11) is 0. The smallest absolute Gasteiger partial charge is 0.0116 e. The van der Waals surface area contributed by atoms with E-state index in [0.717, 1.165) is 19.4 Å². The molecule has 0 aliphatic carbocycles. The molecule has 3 aromatic rings. The summed E-state index contributed by atoms with van der Waals surface area (Å²) in [5, 5.41) is 3.72. The van der Waals surface area contributed by atoms with E-state index in [1.165, 1.54) is 16.7 Å². The van der Waals surface area contributed by atoms with Crippen LogP contribution >= 0.6 is 0 Å². The van der Waals surface area contributed by atoms with Crippen LogP contribution in [-0.4, -0.2) is 12.6 Å². The van der Waals surface area contributed by atoms with Crippen LogP contribution < -0.4 is 5.32 Å². The molecule has 1 nitrogen and oxygen atoms in total. The second-order valence-electron chi connectivity index (χ2n) is 7.60. The number of nitrogens with one attached hydrogen (secondary N) is 1. The molecule has 140 valence electrons. The summed E-state index contributed by atoms with van der Waals surface area (Å²) in [6, 6.07) is 33.1. The number of rotatable bonds is 9. The van der Waals surface area contributed by atoms with Gasteiger partial charge < -0.3 is 5.32 Å². The van der Waals surface area contributed by atoms with Crippen LogP contribution in [0.15, 0.2) is 91.0 Å². The first-order valence-corrected chi connectivity index (χ1v) is 10.1. The molecule has 0 saturated carbocycles. The first-order chi connectivity index (χ1) is 13.2. The highest BCUT2D eigenvalue weighted by Gasteiger charge is 2.22. The fourth-order valence-corrected chi connectivity index (χ4v) is 4.05. The van der Waals surface area contributed by atoms with E-state index in [9.17, 15) is 0 Å². The van der Waals surface area contributed by atoms with E-state index in [1.807, 2.05) is 0 Å². The van der Waals surface area contributed by atoms with Gasteiger partial charge in [0.25, 0.3) is 0 Å². The van der Waals surface area contributed by atoms with E-state index < -0.39 is 0 Å². The fourth-order valence-electron chi connectivity index (χ4n) is 4.05. The van der Waals surface area contributed by atoms with Gasteiger partial charge in [-0.15, -0.1) is 0 Å². The van der Waals surface area contributed by atoms with Gasteiger partial charge in [-0.1, -0.05) is 97.9 Å². The Hall–Kier alpha value is -2.38.